The molecule has 1 aliphatic carbocycles. The van der Waals surface area contributed by atoms with Crippen molar-refractivity contribution in [1.82, 2.24) is 4.98 Å². The van der Waals surface area contributed by atoms with Crippen molar-refractivity contribution < 1.29 is 23.8 Å². The first-order valence-electron chi connectivity index (χ1n) is 13.9. The van der Waals surface area contributed by atoms with Crippen molar-refractivity contribution in [2.75, 3.05) is 13.0 Å². The summed E-state index contributed by atoms with van der Waals surface area (Å²) in [6.07, 6.45) is 6.89. The van der Waals surface area contributed by atoms with Gasteiger partial charge in [0.1, 0.15) is 0 Å². The molecule has 8 heteroatoms. The monoisotopic (exact) mass is 571 g/mol. The van der Waals surface area contributed by atoms with Crippen LogP contribution in [0.1, 0.15) is 89.8 Å². The molecule has 6 nitrogen and oxygen atoms in total. The molecule has 2 fully saturated rings. The van der Waals surface area contributed by atoms with Crippen LogP contribution in [-0.2, 0) is 15.5 Å². The third-order valence-corrected chi connectivity index (χ3v) is 10.2. The number of aromatic nitrogens is 1. The van der Waals surface area contributed by atoms with Crippen molar-refractivity contribution in [2.45, 2.75) is 77.7 Å². The van der Waals surface area contributed by atoms with Crippen LogP contribution in [0, 0.1) is 20.8 Å². The fourth-order valence-corrected chi connectivity index (χ4v) is 7.70. The van der Waals surface area contributed by atoms with Gasteiger partial charge in [-0.15, -0.1) is 0 Å². The summed E-state index contributed by atoms with van der Waals surface area (Å²) in [5.74, 6) is 1.37. The molecule has 1 atom stereocenters. The van der Waals surface area contributed by atoms with E-state index in [0.717, 1.165) is 46.5 Å². The summed E-state index contributed by atoms with van der Waals surface area (Å²) in [6.45, 7) is 6.61. The molecule has 1 aromatic heterocycles. The van der Waals surface area contributed by atoms with Gasteiger partial charge in [0.2, 0.25) is 0 Å². The van der Waals surface area contributed by atoms with Crippen LogP contribution in [0.3, 0.4) is 0 Å². The van der Waals surface area contributed by atoms with Crippen molar-refractivity contribution in [3.8, 4) is 11.5 Å². The number of rotatable bonds is 7. The van der Waals surface area contributed by atoms with Gasteiger partial charge in [-0.1, -0.05) is 19.3 Å². The molecule has 1 saturated carbocycles. The Kier molecular flexibility index (Phi) is 8.80. The van der Waals surface area contributed by atoms with E-state index in [2.05, 4.69) is 13.8 Å². The second-order valence-electron chi connectivity index (χ2n) is 10.9. The van der Waals surface area contributed by atoms with E-state index in [4.69, 9.17) is 30.4 Å². The molecular formula is C31H39ClNO5P. The number of aromatic hydroxyl groups is 1. The summed E-state index contributed by atoms with van der Waals surface area (Å²) in [6, 6.07) is 13.3. The molecule has 1 aliphatic heterocycles. The quantitative estimate of drug-likeness (QED) is 0.280. The zero-order valence-corrected chi connectivity index (χ0v) is 24.8. The average Bonchev–Trinajstić information content (AvgIpc) is 2.94. The van der Waals surface area contributed by atoms with Gasteiger partial charge >= 0.3 is 218 Å². The molecule has 0 spiro atoms. The number of benzene rings is 2. The predicted octanol–water partition coefficient (Wildman–Crippen LogP) is 8.01. The Morgan fingerprint density at radius 2 is 1.82 bits per heavy atom. The van der Waals surface area contributed by atoms with Gasteiger partial charge in [-0.2, -0.15) is 0 Å². The van der Waals surface area contributed by atoms with Crippen LogP contribution in [0.15, 0.2) is 42.5 Å². The van der Waals surface area contributed by atoms with E-state index in [9.17, 15) is 10.00 Å². The van der Waals surface area contributed by atoms with E-state index in [0.29, 0.717) is 41.9 Å². The summed E-state index contributed by atoms with van der Waals surface area (Å²) >= 11 is 6.16. The van der Waals surface area contributed by atoms with Crippen LogP contribution >= 0.6 is 19.5 Å². The van der Waals surface area contributed by atoms with Gasteiger partial charge in [0.05, 0.1) is 0 Å². The molecule has 5 rings (SSSR count). The molecule has 0 radical (unpaired) electrons. The molecule has 2 N–H and O–H groups in total. The molecule has 2 heterocycles. The van der Waals surface area contributed by atoms with Gasteiger partial charge in [-0.05, 0) is 0 Å². The van der Waals surface area contributed by atoms with Gasteiger partial charge in [0, 0.05) is 0 Å². The van der Waals surface area contributed by atoms with E-state index >= 15 is 0 Å². The zero-order chi connectivity index (χ0) is 27.6. The summed E-state index contributed by atoms with van der Waals surface area (Å²) in [5.41, 5.74) is 7.19. The maximum atomic E-state index is 11.2. The molecule has 0 bridgehead atoms. The van der Waals surface area contributed by atoms with Crippen molar-refractivity contribution in [2.24, 2.45) is 0 Å². The number of hydrogen-bond donors (Lipinski definition) is 2. The normalized spacial score (nSPS) is 20.5. The third kappa shape index (κ3) is 6.58. The number of hydrogen-bond acceptors (Lipinski definition) is 6. The molecular weight excluding hydrogens is 533 g/mol. The van der Waals surface area contributed by atoms with Crippen LogP contribution in [0.5, 0.6) is 11.5 Å². The van der Waals surface area contributed by atoms with Gasteiger partial charge in [-0.3, -0.25) is 0 Å². The molecule has 2 aromatic carbocycles. The summed E-state index contributed by atoms with van der Waals surface area (Å²) in [7, 11) is -3.54. The second-order valence-corrected chi connectivity index (χ2v) is 13.6. The number of halogens is 1. The number of ether oxygens (including phenoxy) is 1. The van der Waals surface area contributed by atoms with E-state index in [-0.39, 0.29) is 12.5 Å². The van der Waals surface area contributed by atoms with Crippen LogP contribution in [0.2, 0.25) is 5.02 Å². The Morgan fingerprint density at radius 3 is 2.59 bits per heavy atom. The van der Waals surface area contributed by atoms with Gasteiger partial charge in [0.15, 0.2) is 0 Å². The molecule has 3 aromatic rings. The molecule has 210 valence electrons. The Bertz CT molecular complexity index is 1330. The molecule has 2 aliphatic rings. The molecule has 1 unspecified atom stereocenters. The van der Waals surface area contributed by atoms with E-state index < -0.39 is 7.94 Å². The maximum absolute atomic E-state index is 11.2. The van der Waals surface area contributed by atoms with Crippen LogP contribution < -0.4 is 4.74 Å². The fraction of sp³-hybridized carbons (Fsp3) is 0.452. The number of pyridine rings is 1. The van der Waals surface area contributed by atoms with Crippen LogP contribution in [-0.4, -0.2) is 27.9 Å². The van der Waals surface area contributed by atoms with Gasteiger partial charge < -0.3 is 0 Å². The topological polar surface area (TPSA) is 81.0 Å². The molecule has 1 saturated heterocycles. The number of aryl methyl sites for hydroxylation is 1. The van der Waals surface area contributed by atoms with E-state index in [1.165, 1.54) is 24.8 Å². The standard InChI is InChI=1S/C31H39ClNO5P/c1-20-16-30(36-19-39(35)37-15-14-29(38-39)24-10-7-11-25(32)17-24)22(3)21(2)27(20)18-26-12-13-28(34)31(33-26)23-8-5-4-6-9-23/h7,10-13,16-17,23,29,34-35,39H,4-6,8-9,14-15,18-19H2,1-3H3. The van der Waals surface area contributed by atoms with Gasteiger partial charge in [0.25, 0.3) is 0 Å². The first-order valence-corrected chi connectivity index (χ1v) is 16.3. The number of nitrogens with zero attached hydrogens (tertiary/aromatic N) is 1. The minimum atomic E-state index is -3.54. The SMILES string of the molecule is Cc1cc(OC[PH]2(O)OCCC(c3cccc(Cl)c3)O2)c(C)c(C)c1Cc1ccc(O)c(C2CCCCC2)n1. The summed E-state index contributed by atoms with van der Waals surface area (Å²) in [5, 5.41) is 11.1. The van der Waals surface area contributed by atoms with Gasteiger partial charge in [-0.25, -0.2) is 0 Å². The molecule has 39 heavy (non-hydrogen) atoms. The molecule has 0 amide bonds. The summed E-state index contributed by atoms with van der Waals surface area (Å²) in [4.78, 5) is 16.1. The van der Waals surface area contributed by atoms with Crippen molar-refractivity contribution >= 4 is 19.5 Å². The van der Waals surface area contributed by atoms with Crippen molar-refractivity contribution in [3.05, 3.63) is 86.7 Å². The van der Waals surface area contributed by atoms with E-state index in [1.807, 2.05) is 43.3 Å². The fourth-order valence-electron chi connectivity index (χ4n) is 5.81. The average molecular weight is 572 g/mol. The van der Waals surface area contributed by atoms with Crippen LogP contribution in [0.4, 0.5) is 0 Å². The van der Waals surface area contributed by atoms with Crippen molar-refractivity contribution in [1.29, 1.82) is 0 Å². The third-order valence-electron chi connectivity index (χ3n) is 8.18. The van der Waals surface area contributed by atoms with Crippen molar-refractivity contribution in [3.63, 3.8) is 0 Å². The first-order chi connectivity index (χ1) is 18.7. The Hall–Kier alpha value is -2.21. The first kappa shape index (κ1) is 28.3. The Morgan fingerprint density at radius 1 is 1.03 bits per heavy atom. The summed E-state index contributed by atoms with van der Waals surface area (Å²) < 4.78 is 18.0. The zero-order valence-electron chi connectivity index (χ0n) is 23.0. The Labute approximate surface area is 236 Å². The Balaban J connectivity index is 1.30. The minimum absolute atomic E-state index is 0.0204. The second kappa shape index (κ2) is 12.1. The van der Waals surface area contributed by atoms with E-state index in [1.54, 1.807) is 6.07 Å². The van der Waals surface area contributed by atoms with Crippen LogP contribution in [0.25, 0.3) is 0 Å². The predicted molar refractivity (Wildman–Crippen MR) is 157 cm³/mol.